The minimum absolute atomic E-state index is 0.109. The molecule has 0 fully saturated rings. The molecule has 0 radical (unpaired) electrons. The number of nitro groups is 1. The fourth-order valence-corrected chi connectivity index (χ4v) is 3.11. The molecule has 0 aliphatic rings. The molecule has 4 rings (SSSR count). The minimum Gasteiger partial charge on any atom is -0.496 e. The number of hydrogen-bond donors (Lipinski definition) is 2. The molecule has 0 bridgehead atoms. The maximum atomic E-state index is 13.3. The zero-order chi connectivity index (χ0) is 22.1. The molecule has 0 saturated carbocycles. The lowest BCUT2D eigenvalue weighted by atomic mass is 10.1. The van der Waals surface area contributed by atoms with Crippen molar-refractivity contribution in [3.63, 3.8) is 0 Å². The zero-order valence-electron chi connectivity index (χ0n) is 16.1. The fourth-order valence-electron chi connectivity index (χ4n) is 3.11. The number of halogens is 1. The van der Waals surface area contributed by atoms with E-state index >= 15 is 0 Å². The molecule has 0 saturated heterocycles. The highest BCUT2D eigenvalue weighted by atomic mass is 19.1. The van der Waals surface area contributed by atoms with E-state index in [9.17, 15) is 24.5 Å². The zero-order valence-corrected chi connectivity index (χ0v) is 16.1. The van der Waals surface area contributed by atoms with Crippen molar-refractivity contribution in [1.29, 1.82) is 0 Å². The predicted molar refractivity (Wildman–Crippen MR) is 110 cm³/mol. The van der Waals surface area contributed by atoms with Crippen molar-refractivity contribution < 1.29 is 24.1 Å². The van der Waals surface area contributed by atoms with Crippen molar-refractivity contribution in [2.24, 2.45) is 0 Å². The van der Waals surface area contributed by atoms with E-state index in [0.29, 0.717) is 16.8 Å². The van der Waals surface area contributed by atoms with Gasteiger partial charge in [0.1, 0.15) is 17.1 Å². The van der Waals surface area contributed by atoms with Gasteiger partial charge in [-0.2, -0.15) is 4.73 Å². The Kier molecular flexibility index (Phi) is 4.96. The van der Waals surface area contributed by atoms with Gasteiger partial charge < -0.3 is 15.3 Å². The summed E-state index contributed by atoms with van der Waals surface area (Å²) in [6, 6.07) is 14.1. The van der Waals surface area contributed by atoms with Gasteiger partial charge in [-0.15, -0.1) is 0 Å². The molecule has 1 heterocycles. The summed E-state index contributed by atoms with van der Waals surface area (Å²) in [5.74, 6) is -0.702. The van der Waals surface area contributed by atoms with Crippen molar-refractivity contribution in [1.82, 2.24) is 9.71 Å². The lowest BCUT2D eigenvalue weighted by Gasteiger charge is -2.10. The molecule has 0 aliphatic carbocycles. The first kappa shape index (κ1) is 19.8. The summed E-state index contributed by atoms with van der Waals surface area (Å²) in [4.78, 5) is 27.2. The summed E-state index contributed by atoms with van der Waals surface area (Å²) in [7, 11) is 1.34. The van der Waals surface area contributed by atoms with Crippen LogP contribution in [0.4, 0.5) is 15.8 Å². The van der Waals surface area contributed by atoms with Crippen LogP contribution < -0.4 is 10.1 Å². The first-order valence-electron chi connectivity index (χ1n) is 8.99. The first-order valence-corrected chi connectivity index (χ1v) is 8.99. The van der Waals surface area contributed by atoms with Crippen LogP contribution in [0.1, 0.15) is 10.4 Å². The minimum atomic E-state index is -0.556. The molecule has 0 aliphatic heterocycles. The molecule has 0 spiro atoms. The number of nitro benzene ring substituents is 1. The van der Waals surface area contributed by atoms with Gasteiger partial charge in [0.15, 0.2) is 5.82 Å². The van der Waals surface area contributed by atoms with Gasteiger partial charge in [-0.25, -0.2) is 9.37 Å². The van der Waals surface area contributed by atoms with Crippen LogP contribution in [0.2, 0.25) is 0 Å². The molecular formula is C21H15FN4O5. The molecule has 1 amide bonds. The lowest BCUT2D eigenvalue weighted by Crippen LogP contribution is -2.13. The number of fused-ring (bicyclic) bond motifs is 1. The Morgan fingerprint density at radius 1 is 1.16 bits per heavy atom. The summed E-state index contributed by atoms with van der Waals surface area (Å²) in [5, 5.41) is 24.0. The Bertz CT molecular complexity index is 1320. The average molecular weight is 422 g/mol. The first-order chi connectivity index (χ1) is 14.9. The lowest BCUT2D eigenvalue weighted by molar-refractivity contribution is -0.384. The molecule has 3 aromatic carbocycles. The van der Waals surface area contributed by atoms with Crippen molar-refractivity contribution in [2.45, 2.75) is 0 Å². The van der Waals surface area contributed by atoms with Crippen LogP contribution in [0, 0.1) is 15.9 Å². The Hall–Kier alpha value is -4.47. The highest BCUT2D eigenvalue weighted by molar-refractivity contribution is 6.06. The molecule has 31 heavy (non-hydrogen) atoms. The Morgan fingerprint density at radius 2 is 1.90 bits per heavy atom. The van der Waals surface area contributed by atoms with Gasteiger partial charge >= 0.3 is 0 Å². The van der Waals surface area contributed by atoms with Crippen molar-refractivity contribution >= 4 is 28.3 Å². The second kappa shape index (κ2) is 7.75. The molecule has 10 heteroatoms. The number of nitrogens with one attached hydrogen (secondary N) is 1. The molecule has 1 aromatic heterocycles. The maximum Gasteiger partial charge on any atom is 0.271 e. The van der Waals surface area contributed by atoms with E-state index in [2.05, 4.69) is 10.3 Å². The summed E-state index contributed by atoms with van der Waals surface area (Å²) >= 11 is 0. The number of amides is 1. The predicted octanol–water partition coefficient (Wildman–Crippen LogP) is 4.25. The number of aromatic nitrogens is 2. The molecule has 4 aromatic rings. The molecule has 0 unspecified atom stereocenters. The Balaban J connectivity index is 1.59. The van der Waals surface area contributed by atoms with Crippen molar-refractivity contribution in [3.05, 3.63) is 82.2 Å². The van der Waals surface area contributed by atoms with E-state index in [0.717, 1.165) is 16.9 Å². The van der Waals surface area contributed by atoms with Crippen LogP contribution in [0.15, 0.2) is 60.7 Å². The van der Waals surface area contributed by atoms with Crippen LogP contribution in [0.3, 0.4) is 0 Å². The van der Waals surface area contributed by atoms with Crippen LogP contribution in [-0.4, -0.2) is 32.9 Å². The van der Waals surface area contributed by atoms with Gasteiger partial charge in [-0.3, -0.25) is 14.9 Å². The van der Waals surface area contributed by atoms with Crippen molar-refractivity contribution in [2.75, 3.05) is 12.4 Å². The number of carbonyl (C=O) groups excluding carboxylic acids is 1. The number of imidazole rings is 1. The summed E-state index contributed by atoms with van der Waals surface area (Å²) in [6.45, 7) is 0. The smallest absolute Gasteiger partial charge is 0.271 e. The third kappa shape index (κ3) is 3.73. The van der Waals surface area contributed by atoms with Crippen LogP contribution >= 0.6 is 0 Å². The quantitative estimate of drug-likeness (QED) is 0.282. The molecule has 0 atom stereocenters. The van der Waals surface area contributed by atoms with E-state index in [1.54, 1.807) is 24.3 Å². The summed E-state index contributed by atoms with van der Waals surface area (Å²) in [5.41, 5.74) is 1.58. The normalized spacial score (nSPS) is 10.8. The summed E-state index contributed by atoms with van der Waals surface area (Å²) in [6.07, 6.45) is 0. The summed E-state index contributed by atoms with van der Waals surface area (Å²) < 4.78 is 19.2. The number of anilines is 1. The number of non-ortho nitro benzene ring substituents is 1. The Morgan fingerprint density at radius 3 is 2.58 bits per heavy atom. The topological polar surface area (TPSA) is 120 Å². The number of carbonyl (C=O) groups is 1. The molecule has 156 valence electrons. The highest BCUT2D eigenvalue weighted by Gasteiger charge is 2.17. The van der Waals surface area contributed by atoms with Crippen LogP contribution in [0.5, 0.6) is 5.75 Å². The Labute approximate surface area is 174 Å². The number of methoxy groups -OCH3 is 1. The monoisotopic (exact) mass is 422 g/mol. The van der Waals surface area contributed by atoms with E-state index in [-0.39, 0.29) is 28.3 Å². The molecule has 2 N–H and O–H groups in total. The largest absolute Gasteiger partial charge is 0.496 e. The van der Waals surface area contributed by atoms with Crippen LogP contribution in [-0.2, 0) is 0 Å². The van der Waals surface area contributed by atoms with E-state index in [1.807, 2.05) is 0 Å². The maximum absolute atomic E-state index is 13.3. The SMILES string of the molecule is COc1cc(F)ccc1C(=O)Nc1ccc(-c2nc3ccc([N+](=O)[O-])cc3n2O)cc1. The number of ether oxygens (including phenoxy) is 1. The van der Waals surface area contributed by atoms with Crippen LogP contribution in [0.25, 0.3) is 22.4 Å². The highest BCUT2D eigenvalue weighted by Crippen LogP contribution is 2.27. The van der Waals surface area contributed by atoms with Gasteiger partial charge in [0, 0.05) is 29.4 Å². The standard InChI is InChI=1S/C21H15FN4O5/c1-31-19-10-13(22)4-8-16(19)21(27)23-14-5-2-12(3-6-14)20-24-17-9-7-15(26(29)30)11-18(17)25(20)28/h2-11,28H,1H3,(H,23,27). The van der Waals surface area contributed by atoms with Gasteiger partial charge in [-0.1, -0.05) is 0 Å². The molecule has 9 nitrogen and oxygen atoms in total. The number of hydrogen-bond acceptors (Lipinski definition) is 6. The van der Waals surface area contributed by atoms with E-state index in [4.69, 9.17) is 4.74 Å². The average Bonchev–Trinajstić information content (AvgIpc) is 3.10. The van der Waals surface area contributed by atoms with Gasteiger partial charge in [0.2, 0.25) is 0 Å². The van der Waals surface area contributed by atoms with E-state index < -0.39 is 16.6 Å². The van der Waals surface area contributed by atoms with Crippen molar-refractivity contribution in [3.8, 4) is 17.1 Å². The number of nitrogens with zero attached hydrogens (tertiary/aromatic N) is 3. The number of rotatable bonds is 5. The third-order valence-electron chi connectivity index (χ3n) is 4.63. The van der Waals surface area contributed by atoms with Gasteiger partial charge in [0.05, 0.1) is 23.1 Å². The number of benzene rings is 3. The van der Waals surface area contributed by atoms with E-state index in [1.165, 1.54) is 31.4 Å². The molecular weight excluding hydrogens is 407 g/mol. The fraction of sp³-hybridized carbons (Fsp3) is 0.0476. The third-order valence-corrected chi connectivity index (χ3v) is 4.63. The second-order valence-corrected chi connectivity index (χ2v) is 6.55. The van der Waals surface area contributed by atoms with Gasteiger partial charge in [-0.05, 0) is 42.5 Å². The second-order valence-electron chi connectivity index (χ2n) is 6.55. The van der Waals surface area contributed by atoms with Gasteiger partial charge in [0.25, 0.3) is 11.6 Å².